The molecular formula is C21H24Cl2N2O3. The summed E-state index contributed by atoms with van der Waals surface area (Å²) >= 11 is 12.5. The van der Waals surface area contributed by atoms with E-state index >= 15 is 0 Å². The number of hydrogen-bond acceptors (Lipinski definition) is 3. The molecule has 150 valence electrons. The summed E-state index contributed by atoms with van der Waals surface area (Å²) in [4.78, 5) is 26.4. The van der Waals surface area contributed by atoms with Gasteiger partial charge in [-0.15, -0.1) is 0 Å². The number of nitrogens with zero attached hydrogens (tertiary/aromatic N) is 1. The standard InChI is InChI=1S/C21H24Cl2N2O3/c1-4-15-8-10-16(11-9-15)28-13-20(26)25(14(2)21(27)24-3)12-17-18(22)6-5-7-19(17)23/h5-11,14H,4,12-13H2,1-3H3,(H,24,27). The molecule has 0 bridgehead atoms. The van der Waals surface area contributed by atoms with Crippen molar-refractivity contribution in [1.29, 1.82) is 0 Å². The van der Waals surface area contributed by atoms with E-state index in [4.69, 9.17) is 27.9 Å². The Bertz CT molecular complexity index is 805. The second-order valence-electron chi connectivity index (χ2n) is 6.30. The van der Waals surface area contributed by atoms with Gasteiger partial charge in [-0.2, -0.15) is 0 Å². The molecule has 1 atom stereocenters. The molecule has 28 heavy (non-hydrogen) atoms. The Labute approximate surface area is 175 Å². The monoisotopic (exact) mass is 422 g/mol. The zero-order valence-corrected chi connectivity index (χ0v) is 17.7. The second-order valence-corrected chi connectivity index (χ2v) is 7.11. The highest BCUT2D eigenvalue weighted by Crippen LogP contribution is 2.26. The molecule has 0 aliphatic heterocycles. The fourth-order valence-corrected chi connectivity index (χ4v) is 3.21. The molecule has 0 aliphatic carbocycles. The highest BCUT2D eigenvalue weighted by atomic mass is 35.5. The van der Waals surface area contributed by atoms with Crippen LogP contribution in [0.25, 0.3) is 0 Å². The maximum Gasteiger partial charge on any atom is 0.261 e. The summed E-state index contributed by atoms with van der Waals surface area (Å²) in [6, 6.07) is 12.0. The number of aryl methyl sites for hydroxylation is 1. The maximum absolute atomic E-state index is 12.9. The van der Waals surface area contributed by atoms with Crippen molar-refractivity contribution in [3.63, 3.8) is 0 Å². The molecule has 0 spiro atoms. The summed E-state index contributed by atoms with van der Waals surface area (Å²) in [7, 11) is 1.52. The Kier molecular flexibility index (Phi) is 8.15. The van der Waals surface area contributed by atoms with Crippen molar-refractivity contribution < 1.29 is 14.3 Å². The molecule has 0 saturated carbocycles. The fraction of sp³-hybridized carbons (Fsp3) is 0.333. The SMILES string of the molecule is CCc1ccc(OCC(=O)N(Cc2c(Cl)cccc2Cl)C(C)C(=O)NC)cc1. The molecule has 2 aromatic rings. The van der Waals surface area contributed by atoms with Gasteiger partial charge < -0.3 is 15.0 Å². The Balaban J connectivity index is 2.17. The molecule has 0 heterocycles. The lowest BCUT2D eigenvalue weighted by atomic mass is 10.1. The van der Waals surface area contributed by atoms with E-state index in [9.17, 15) is 9.59 Å². The van der Waals surface area contributed by atoms with Gasteiger partial charge in [0.15, 0.2) is 6.61 Å². The van der Waals surface area contributed by atoms with Gasteiger partial charge in [0, 0.05) is 29.2 Å². The van der Waals surface area contributed by atoms with Gasteiger partial charge in [-0.25, -0.2) is 0 Å². The van der Waals surface area contributed by atoms with Crippen molar-refractivity contribution in [2.24, 2.45) is 0 Å². The molecule has 0 radical (unpaired) electrons. The predicted octanol–water partition coefficient (Wildman–Crippen LogP) is 4.10. The van der Waals surface area contributed by atoms with Gasteiger partial charge in [0.05, 0.1) is 0 Å². The van der Waals surface area contributed by atoms with Crippen LogP contribution in [0.3, 0.4) is 0 Å². The molecule has 0 saturated heterocycles. The van der Waals surface area contributed by atoms with Gasteiger partial charge >= 0.3 is 0 Å². The largest absolute Gasteiger partial charge is 0.484 e. The first kappa shape index (κ1) is 22.1. The lowest BCUT2D eigenvalue weighted by Gasteiger charge is -2.29. The Morgan fingerprint density at radius 3 is 2.25 bits per heavy atom. The van der Waals surface area contributed by atoms with E-state index < -0.39 is 6.04 Å². The normalized spacial score (nSPS) is 11.6. The minimum absolute atomic E-state index is 0.101. The number of nitrogens with one attached hydrogen (secondary N) is 1. The van der Waals surface area contributed by atoms with Gasteiger partial charge in [0.1, 0.15) is 11.8 Å². The third kappa shape index (κ3) is 5.63. The summed E-state index contributed by atoms with van der Waals surface area (Å²) in [5.74, 6) is -0.0376. The number of ether oxygens (including phenoxy) is 1. The van der Waals surface area contributed by atoms with Gasteiger partial charge in [-0.05, 0) is 43.2 Å². The molecule has 2 aromatic carbocycles. The van der Waals surface area contributed by atoms with Crippen molar-refractivity contribution in [1.82, 2.24) is 10.2 Å². The maximum atomic E-state index is 12.9. The topological polar surface area (TPSA) is 58.6 Å². The van der Waals surface area contributed by atoms with Crippen molar-refractivity contribution >= 4 is 35.0 Å². The molecule has 5 nitrogen and oxygen atoms in total. The minimum Gasteiger partial charge on any atom is -0.484 e. The number of amides is 2. The average molecular weight is 423 g/mol. The molecule has 2 rings (SSSR count). The van der Waals surface area contributed by atoms with Crippen LogP contribution in [0.2, 0.25) is 10.0 Å². The second kappa shape index (κ2) is 10.3. The van der Waals surface area contributed by atoms with E-state index in [-0.39, 0.29) is 25.0 Å². The molecule has 0 aromatic heterocycles. The first-order valence-corrected chi connectivity index (χ1v) is 9.78. The summed E-state index contributed by atoms with van der Waals surface area (Å²) in [6.45, 7) is 3.62. The third-order valence-corrected chi connectivity index (χ3v) is 5.21. The number of carbonyl (C=O) groups is 2. The van der Waals surface area contributed by atoms with Crippen LogP contribution in [0.15, 0.2) is 42.5 Å². The van der Waals surface area contributed by atoms with Crippen LogP contribution in [0.4, 0.5) is 0 Å². The Morgan fingerprint density at radius 1 is 1.11 bits per heavy atom. The fourth-order valence-electron chi connectivity index (χ4n) is 2.69. The highest BCUT2D eigenvalue weighted by Gasteiger charge is 2.27. The number of hydrogen-bond donors (Lipinski definition) is 1. The Hall–Kier alpha value is -2.24. The van der Waals surface area contributed by atoms with Crippen molar-refractivity contribution in [2.45, 2.75) is 32.9 Å². The number of benzene rings is 2. The third-order valence-electron chi connectivity index (χ3n) is 4.50. The van der Waals surface area contributed by atoms with E-state index in [0.29, 0.717) is 21.4 Å². The van der Waals surface area contributed by atoms with Gasteiger partial charge in [-0.3, -0.25) is 9.59 Å². The quantitative estimate of drug-likeness (QED) is 0.696. The molecular weight excluding hydrogens is 399 g/mol. The zero-order chi connectivity index (χ0) is 20.7. The van der Waals surface area contributed by atoms with Crippen LogP contribution in [-0.2, 0) is 22.6 Å². The average Bonchev–Trinajstić information content (AvgIpc) is 2.71. The Morgan fingerprint density at radius 2 is 1.71 bits per heavy atom. The first-order chi connectivity index (χ1) is 13.4. The predicted molar refractivity (Wildman–Crippen MR) is 112 cm³/mol. The number of rotatable bonds is 8. The number of carbonyl (C=O) groups excluding carboxylic acids is 2. The molecule has 1 unspecified atom stereocenters. The van der Waals surface area contributed by atoms with E-state index in [0.717, 1.165) is 6.42 Å². The molecule has 2 amide bonds. The number of halogens is 2. The van der Waals surface area contributed by atoms with Crippen LogP contribution >= 0.6 is 23.2 Å². The molecule has 7 heteroatoms. The lowest BCUT2D eigenvalue weighted by molar-refractivity contribution is -0.142. The van der Waals surface area contributed by atoms with Crippen LogP contribution in [-0.4, -0.2) is 36.4 Å². The first-order valence-electron chi connectivity index (χ1n) is 9.03. The lowest BCUT2D eigenvalue weighted by Crippen LogP contribution is -2.48. The summed E-state index contributed by atoms with van der Waals surface area (Å²) in [5.41, 5.74) is 1.77. The van der Waals surface area contributed by atoms with E-state index in [2.05, 4.69) is 12.2 Å². The zero-order valence-electron chi connectivity index (χ0n) is 16.2. The molecule has 1 N–H and O–H groups in total. The van der Waals surface area contributed by atoms with Crippen LogP contribution in [0, 0.1) is 0 Å². The van der Waals surface area contributed by atoms with Crippen LogP contribution < -0.4 is 10.1 Å². The number of likely N-dealkylation sites (N-methyl/N-ethyl adjacent to an activating group) is 1. The van der Waals surface area contributed by atoms with E-state index in [1.54, 1.807) is 25.1 Å². The van der Waals surface area contributed by atoms with Gasteiger partial charge in [0.2, 0.25) is 5.91 Å². The minimum atomic E-state index is -0.712. The molecule has 0 fully saturated rings. The van der Waals surface area contributed by atoms with Crippen molar-refractivity contribution in [2.75, 3.05) is 13.7 Å². The van der Waals surface area contributed by atoms with Crippen LogP contribution in [0.5, 0.6) is 5.75 Å². The summed E-state index contributed by atoms with van der Waals surface area (Å²) in [6.07, 6.45) is 0.926. The van der Waals surface area contributed by atoms with E-state index in [1.807, 2.05) is 24.3 Å². The smallest absolute Gasteiger partial charge is 0.261 e. The van der Waals surface area contributed by atoms with Gasteiger partial charge in [-0.1, -0.05) is 48.3 Å². The van der Waals surface area contributed by atoms with Crippen LogP contribution in [0.1, 0.15) is 25.0 Å². The van der Waals surface area contributed by atoms with Gasteiger partial charge in [0.25, 0.3) is 5.91 Å². The van der Waals surface area contributed by atoms with Crippen molar-refractivity contribution in [3.05, 3.63) is 63.6 Å². The highest BCUT2D eigenvalue weighted by molar-refractivity contribution is 6.36. The molecule has 0 aliphatic rings. The summed E-state index contributed by atoms with van der Waals surface area (Å²) in [5, 5.41) is 3.43. The van der Waals surface area contributed by atoms with Crippen molar-refractivity contribution in [3.8, 4) is 5.75 Å². The van der Waals surface area contributed by atoms with E-state index in [1.165, 1.54) is 17.5 Å². The summed E-state index contributed by atoms with van der Waals surface area (Å²) < 4.78 is 5.62.